The van der Waals surface area contributed by atoms with Crippen LogP contribution in [-0.2, 0) is 6.54 Å². The molecule has 0 saturated carbocycles. The second kappa shape index (κ2) is 3.89. The van der Waals surface area contributed by atoms with Gasteiger partial charge in [-0.3, -0.25) is 0 Å². The maximum atomic E-state index is 5.59. The van der Waals surface area contributed by atoms with Crippen molar-refractivity contribution in [3.63, 3.8) is 0 Å². The third kappa shape index (κ3) is 1.89. The Balaban J connectivity index is 2.03. The zero-order valence-corrected chi connectivity index (χ0v) is 7.84. The predicted octanol–water partition coefficient (Wildman–Crippen LogP) is 0.471. The number of aromatic nitrogens is 1. The quantitative estimate of drug-likeness (QED) is 0.711. The van der Waals surface area contributed by atoms with Gasteiger partial charge >= 0.3 is 0 Å². The minimum Gasteiger partial charge on any atom is -0.444 e. The number of hydrogen-bond acceptors (Lipinski definition) is 4. The molecule has 0 spiro atoms. The summed E-state index contributed by atoms with van der Waals surface area (Å²) in [5, 5.41) is 6.33. The summed E-state index contributed by atoms with van der Waals surface area (Å²) in [7, 11) is 1.90. The Bertz CT molecular complexity index is 266. The molecule has 1 saturated heterocycles. The van der Waals surface area contributed by atoms with Crippen molar-refractivity contribution in [2.24, 2.45) is 0 Å². The molecule has 1 unspecified atom stereocenters. The van der Waals surface area contributed by atoms with Crippen LogP contribution in [-0.4, -0.2) is 25.1 Å². The van der Waals surface area contributed by atoms with Crippen LogP contribution in [0.3, 0.4) is 0 Å². The van der Waals surface area contributed by atoms with Crippen LogP contribution in [0.15, 0.2) is 10.6 Å². The van der Waals surface area contributed by atoms with Gasteiger partial charge in [-0.05, 0) is 20.0 Å². The first-order chi connectivity index (χ1) is 6.40. The van der Waals surface area contributed by atoms with E-state index >= 15 is 0 Å². The zero-order chi connectivity index (χ0) is 9.10. The average Bonchev–Trinajstić information content (AvgIpc) is 2.70. The topological polar surface area (TPSA) is 50.1 Å². The molecule has 1 atom stereocenters. The van der Waals surface area contributed by atoms with Crippen LogP contribution in [0, 0.1) is 0 Å². The first kappa shape index (κ1) is 8.72. The molecule has 2 N–H and O–H groups in total. The predicted molar refractivity (Wildman–Crippen MR) is 49.5 cm³/mol. The Hall–Kier alpha value is -0.870. The lowest BCUT2D eigenvalue weighted by atomic mass is 10.1. The normalized spacial score (nSPS) is 22.4. The standard InChI is InChI=1S/C9H15N3O/c1-10-5-8-6-12-9(13-8)7-2-3-11-4-7/h6-7,10-11H,2-5H2,1H3. The van der Waals surface area contributed by atoms with E-state index in [0.717, 1.165) is 37.7 Å². The lowest BCUT2D eigenvalue weighted by Crippen LogP contribution is -2.08. The van der Waals surface area contributed by atoms with Crippen molar-refractivity contribution in [1.82, 2.24) is 15.6 Å². The van der Waals surface area contributed by atoms with E-state index in [4.69, 9.17) is 4.42 Å². The highest BCUT2D eigenvalue weighted by Gasteiger charge is 2.21. The summed E-state index contributed by atoms with van der Waals surface area (Å²) in [5.74, 6) is 2.28. The number of rotatable bonds is 3. The van der Waals surface area contributed by atoms with Crippen molar-refractivity contribution < 1.29 is 4.42 Å². The number of nitrogens with one attached hydrogen (secondary N) is 2. The first-order valence-corrected chi connectivity index (χ1v) is 4.70. The van der Waals surface area contributed by atoms with Gasteiger partial charge in [-0.1, -0.05) is 0 Å². The maximum absolute atomic E-state index is 5.59. The lowest BCUT2D eigenvalue weighted by molar-refractivity contribution is 0.419. The van der Waals surface area contributed by atoms with Crippen LogP contribution < -0.4 is 10.6 Å². The van der Waals surface area contributed by atoms with Gasteiger partial charge in [-0.15, -0.1) is 0 Å². The van der Waals surface area contributed by atoms with Crippen LogP contribution >= 0.6 is 0 Å². The second-order valence-corrected chi connectivity index (χ2v) is 3.38. The van der Waals surface area contributed by atoms with Gasteiger partial charge in [0.05, 0.1) is 12.7 Å². The molecule has 2 heterocycles. The summed E-state index contributed by atoms with van der Waals surface area (Å²) in [6, 6.07) is 0. The van der Waals surface area contributed by atoms with E-state index in [-0.39, 0.29) is 0 Å². The third-order valence-corrected chi connectivity index (χ3v) is 2.33. The van der Waals surface area contributed by atoms with E-state index in [1.165, 1.54) is 0 Å². The van der Waals surface area contributed by atoms with E-state index in [1.807, 2.05) is 13.2 Å². The molecule has 0 bridgehead atoms. The van der Waals surface area contributed by atoms with E-state index in [9.17, 15) is 0 Å². The summed E-state index contributed by atoms with van der Waals surface area (Å²) in [6.07, 6.45) is 2.95. The van der Waals surface area contributed by atoms with Crippen molar-refractivity contribution in [1.29, 1.82) is 0 Å². The monoisotopic (exact) mass is 181 g/mol. The molecular weight excluding hydrogens is 166 g/mol. The van der Waals surface area contributed by atoms with Gasteiger partial charge in [0.15, 0.2) is 5.89 Å². The fraction of sp³-hybridized carbons (Fsp3) is 0.667. The first-order valence-electron chi connectivity index (χ1n) is 4.70. The Morgan fingerprint density at radius 2 is 2.69 bits per heavy atom. The smallest absolute Gasteiger partial charge is 0.198 e. The molecule has 1 aromatic heterocycles. The Morgan fingerprint density at radius 3 is 3.38 bits per heavy atom. The van der Waals surface area contributed by atoms with E-state index in [1.54, 1.807) is 0 Å². The van der Waals surface area contributed by atoms with E-state index in [0.29, 0.717) is 5.92 Å². The highest BCUT2D eigenvalue weighted by atomic mass is 16.4. The van der Waals surface area contributed by atoms with E-state index < -0.39 is 0 Å². The highest BCUT2D eigenvalue weighted by Crippen LogP contribution is 2.21. The van der Waals surface area contributed by atoms with Gasteiger partial charge in [0.2, 0.25) is 0 Å². The van der Waals surface area contributed by atoms with Gasteiger partial charge in [-0.25, -0.2) is 4.98 Å². The molecular formula is C9H15N3O. The molecule has 1 aliphatic rings. The van der Waals surface area contributed by atoms with Crippen molar-refractivity contribution in [3.8, 4) is 0 Å². The Kier molecular flexibility index (Phi) is 2.61. The molecule has 0 aliphatic carbocycles. The molecule has 1 aromatic rings. The summed E-state index contributed by atoms with van der Waals surface area (Å²) in [6.45, 7) is 2.83. The van der Waals surface area contributed by atoms with Crippen molar-refractivity contribution in [3.05, 3.63) is 17.8 Å². The van der Waals surface area contributed by atoms with Crippen LogP contribution in [0.2, 0.25) is 0 Å². The Labute approximate surface area is 77.7 Å². The van der Waals surface area contributed by atoms with Crippen LogP contribution in [0.5, 0.6) is 0 Å². The molecule has 72 valence electrons. The van der Waals surface area contributed by atoms with Crippen molar-refractivity contribution in [2.45, 2.75) is 18.9 Å². The number of nitrogens with zero attached hydrogens (tertiary/aromatic N) is 1. The van der Waals surface area contributed by atoms with E-state index in [2.05, 4.69) is 15.6 Å². The average molecular weight is 181 g/mol. The fourth-order valence-electron chi connectivity index (χ4n) is 1.63. The third-order valence-electron chi connectivity index (χ3n) is 2.33. The number of hydrogen-bond donors (Lipinski definition) is 2. The van der Waals surface area contributed by atoms with Crippen LogP contribution in [0.1, 0.15) is 24.0 Å². The molecule has 0 amide bonds. The minimum atomic E-state index is 0.477. The fourth-order valence-corrected chi connectivity index (χ4v) is 1.63. The summed E-state index contributed by atoms with van der Waals surface area (Å²) < 4.78 is 5.59. The van der Waals surface area contributed by atoms with Gasteiger partial charge in [0.25, 0.3) is 0 Å². The van der Waals surface area contributed by atoms with Gasteiger partial charge in [0.1, 0.15) is 5.76 Å². The molecule has 4 nitrogen and oxygen atoms in total. The molecule has 0 radical (unpaired) electrons. The van der Waals surface area contributed by atoms with Gasteiger partial charge in [-0.2, -0.15) is 0 Å². The molecule has 1 aliphatic heterocycles. The SMILES string of the molecule is CNCc1cnc(C2CCNC2)o1. The lowest BCUT2D eigenvalue weighted by Gasteiger charge is -2.00. The Morgan fingerprint density at radius 1 is 1.77 bits per heavy atom. The van der Waals surface area contributed by atoms with Crippen molar-refractivity contribution in [2.75, 3.05) is 20.1 Å². The van der Waals surface area contributed by atoms with Crippen LogP contribution in [0.25, 0.3) is 0 Å². The molecule has 4 heteroatoms. The summed E-state index contributed by atoms with van der Waals surface area (Å²) in [5.41, 5.74) is 0. The van der Waals surface area contributed by atoms with Gasteiger partial charge in [0, 0.05) is 12.5 Å². The molecule has 13 heavy (non-hydrogen) atoms. The van der Waals surface area contributed by atoms with Gasteiger partial charge < -0.3 is 15.1 Å². The molecule has 0 aromatic carbocycles. The largest absolute Gasteiger partial charge is 0.444 e. The minimum absolute atomic E-state index is 0.477. The zero-order valence-electron chi connectivity index (χ0n) is 7.84. The molecule has 1 fully saturated rings. The second-order valence-electron chi connectivity index (χ2n) is 3.38. The van der Waals surface area contributed by atoms with Crippen molar-refractivity contribution >= 4 is 0 Å². The summed E-state index contributed by atoms with van der Waals surface area (Å²) in [4.78, 5) is 4.27. The highest BCUT2D eigenvalue weighted by molar-refractivity contribution is 5.01. The summed E-state index contributed by atoms with van der Waals surface area (Å²) >= 11 is 0. The maximum Gasteiger partial charge on any atom is 0.198 e. The number of oxazole rings is 1. The van der Waals surface area contributed by atoms with Crippen LogP contribution in [0.4, 0.5) is 0 Å². The molecule has 2 rings (SSSR count).